The van der Waals surface area contributed by atoms with Crippen molar-refractivity contribution >= 4 is 17.3 Å². The number of rotatable bonds is 3. The maximum Gasteiger partial charge on any atom is 0.267 e. The molecule has 24 heavy (non-hydrogen) atoms. The third-order valence-electron chi connectivity index (χ3n) is 4.00. The Kier molecular flexibility index (Phi) is 4.30. The standard InChI is InChI=1S/C19H16FN3O/c1-13-10-14-4-2-3-5-18(14)23(13)12-15(11-21)19(24)22-17-8-6-16(20)7-9-17/h2-9,12-13H,10H2,1H3,(H,22,24)/b15-12-. The van der Waals surface area contributed by atoms with Gasteiger partial charge in [-0.25, -0.2) is 4.39 Å². The third kappa shape index (κ3) is 3.13. The van der Waals surface area contributed by atoms with Crippen LogP contribution < -0.4 is 10.2 Å². The molecular weight excluding hydrogens is 305 g/mol. The summed E-state index contributed by atoms with van der Waals surface area (Å²) in [7, 11) is 0. The summed E-state index contributed by atoms with van der Waals surface area (Å²) in [6.07, 6.45) is 2.44. The number of carbonyl (C=O) groups is 1. The number of benzene rings is 2. The molecule has 2 aromatic carbocycles. The highest BCUT2D eigenvalue weighted by atomic mass is 19.1. The van der Waals surface area contributed by atoms with Crippen molar-refractivity contribution in [1.82, 2.24) is 0 Å². The number of para-hydroxylation sites is 1. The van der Waals surface area contributed by atoms with E-state index in [1.807, 2.05) is 42.2 Å². The first kappa shape index (κ1) is 15.8. The smallest absolute Gasteiger partial charge is 0.267 e. The van der Waals surface area contributed by atoms with Gasteiger partial charge in [0, 0.05) is 23.6 Å². The van der Waals surface area contributed by atoms with Crippen LogP contribution in [0.3, 0.4) is 0 Å². The van der Waals surface area contributed by atoms with E-state index in [1.54, 1.807) is 6.20 Å². The van der Waals surface area contributed by atoms with Crippen molar-refractivity contribution in [1.29, 1.82) is 5.26 Å². The molecule has 0 saturated carbocycles. The monoisotopic (exact) mass is 321 g/mol. The fraction of sp³-hybridized carbons (Fsp3) is 0.158. The minimum atomic E-state index is -0.513. The zero-order valence-corrected chi connectivity index (χ0v) is 13.2. The fourth-order valence-electron chi connectivity index (χ4n) is 2.80. The number of amides is 1. The minimum absolute atomic E-state index is 0.00266. The summed E-state index contributed by atoms with van der Waals surface area (Å²) in [6, 6.07) is 15.5. The van der Waals surface area contributed by atoms with Gasteiger partial charge in [0.1, 0.15) is 17.5 Å². The summed E-state index contributed by atoms with van der Waals surface area (Å²) in [5.74, 6) is -0.896. The zero-order chi connectivity index (χ0) is 17.1. The molecule has 0 fully saturated rings. The molecule has 120 valence electrons. The molecule has 0 aliphatic carbocycles. The topological polar surface area (TPSA) is 56.1 Å². The molecule has 2 aromatic rings. The summed E-state index contributed by atoms with van der Waals surface area (Å²) in [6.45, 7) is 2.05. The van der Waals surface area contributed by atoms with E-state index in [-0.39, 0.29) is 17.4 Å². The molecule has 0 bridgehead atoms. The summed E-state index contributed by atoms with van der Waals surface area (Å²) in [5, 5.41) is 12.0. The highest BCUT2D eigenvalue weighted by Crippen LogP contribution is 2.32. The predicted molar refractivity (Wildman–Crippen MR) is 90.8 cm³/mol. The van der Waals surface area contributed by atoms with Gasteiger partial charge in [-0.3, -0.25) is 4.79 Å². The first-order chi connectivity index (χ1) is 11.6. The Bertz CT molecular complexity index is 836. The molecule has 1 atom stereocenters. The van der Waals surface area contributed by atoms with Crippen molar-refractivity contribution in [2.45, 2.75) is 19.4 Å². The number of fused-ring (bicyclic) bond motifs is 1. The van der Waals surface area contributed by atoms with Crippen LogP contribution >= 0.6 is 0 Å². The van der Waals surface area contributed by atoms with Crippen LogP contribution in [0, 0.1) is 17.1 Å². The number of nitrogens with zero attached hydrogens (tertiary/aromatic N) is 2. The molecule has 0 aromatic heterocycles. The SMILES string of the molecule is CC1Cc2ccccc2N1/C=C(/C#N)C(=O)Nc1ccc(F)cc1. The minimum Gasteiger partial charge on any atom is -0.343 e. The molecule has 1 N–H and O–H groups in total. The largest absolute Gasteiger partial charge is 0.343 e. The van der Waals surface area contributed by atoms with Crippen LogP contribution in [0.4, 0.5) is 15.8 Å². The van der Waals surface area contributed by atoms with E-state index in [0.29, 0.717) is 5.69 Å². The molecule has 1 unspecified atom stereocenters. The van der Waals surface area contributed by atoms with Crippen molar-refractivity contribution in [2.75, 3.05) is 10.2 Å². The number of halogens is 1. The van der Waals surface area contributed by atoms with E-state index in [9.17, 15) is 14.4 Å². The maximum atomic E-state index is 12.9. The number of carbonyl (C=O) groups excluding carboxylic acids is 1. The van der Waals surface area contributed by atoms with Crippen molar-refractivity contribution in [3.05, 3.63) is 71.7 Å². The highest BCUT2D eigenvalue weighted by Gasteiger charge is 2.25. The number of hydrogen-bond acceptors (Lipinski definition) is 3. The van der Waals surface area contributed by atoms with Gasteiger partial charge in [0.05, 0.1) is 0 Å². The van der Waals surface area contributed by atoms with Gasteiger partial charge in [0.25, 0.3) is 5.91 Å². The molecule has 1 aliphatic heterocycles. The van der Waals surface area contributed by atoms with Gasteiger partial charge >= 0.3 is 0 Å². The Morgan fingerprint density at radius 2 is 2.00 bits per heavy atom. The Hall–Kier alpha value is -3.13. The molecule has 0 spiro atoms. The van der Waals surface area contributed by atoms with Gasteiger partial charge in [0.2, 0.25) is 0 Å². The zero-order valence-electron chi connectivity index (χ0n) is 13.2. The molecule has 3 rings (SSSR count). The van der Waals surface area contributed by atoms with Crippen LogP contribution in [0.15, 0.2) is 60.3 Å². The van der Waals surface area contributed by atoms with Crippen LogP contribution in [0.1, 0.15) is 12.5 Å². The van der Waals surface area contributed by atoms with Crippen LogP contribution in [0.25, 0.3) is 0 Å². The van der Waals surface area contributed by atoms with Crippen LogP contribution in [0.5, 0.6) is 0 Å². The van der Waals surface area contributed by atoms with Gasteiger partial charge in [-0.1, -0.05) is 18.2 Å². The molecule has 1 amide bonds. The number of hydrogen-bond donors (Lipinski definition) is 1. The third-order valence-corrected chi connectivity index (χ3v) is 4.00. The summed E-state index contributed by atoms with van der Waals surface area (Å²) in [4.78, 5) is 14.3. The van der Waals surface area contributed by atoms with E-state index in [4.69, 9.17) is 0 Å². The van der Waals surface area contributed by atoms with Gasteiger partial charge in [-0.15, -0.1) is 0 Å². The van der Waals surface area contributed by atoms with Gasteiger partial charge < -0.3 is 10.2 Å². The van der Waals surface area contributed by atoms with Crippen molar-refractivity contribution in [3.8, 4) is 6.07 Å². The van der Waals surface area contributed by atoms with Gasteiger partial charge in [-0.05, 0) is 49.2 Å². The van der Waals surface area contributed by atoms with Crippen molar-refractivity contribution in [3.63, 3.8) is 0 Å². The predicted octanol–water partition coefficient (Wildman–Crippen LogP) is 3.62. The van der Waals surface area contributed by atoms with Crippen LogP contribution in [0.2, 0.25) is 0 Å². The first-order valence-electron chi connectivity index (χ1n) is 7.63. The number of nitrogens with one attached hydrogen (secondary N) is 1. The maximum absolute atomic E-state index is 12.9. The molecule has 1 heterocycles. The first-order valence-corrected chi connectivity index (χ1v) is 7.63. The average Bonchev–Trinajstić information content (AvgIpc) is 2.90. The fourth-order valence-corrected chi connectivity index (χ4v) is 2.80. The molecule has 4 nitrogen and oxygen atoms in total. The average molecular weight is 321 g/mol. The molecule has 5 heteroatoms. The van der Waals surface area contributed by atoms with E-state index in [0.717, 1.165) is 12.1 Å². The molecule has 1 aliphatic rings. The van der Waals surface area contributed by atoms with E-state index in [1.165, 1.54) is 29.8 Å². The normalized spacial score (nSPS) is 16.5. The Morgan fingerprint density at radius 3 is 2.71 bits per heavy atom. The molecular formula is C19H16FN3O. The van der Waals surface area contributed by atoms with Gasteiger partial charge in [0.15, 0.2) is 0 Å². The summed E-state index contributed by atoms with van der Waals surface area (Å²) < 4.78 is 12.9. The highest BCUT2D eigenvalue weighted by molar-refractivity contribution is 6.06. The van der Waals surface area contributed by atoms with Crippen LogP contribution in [-0.4, -0.2) is 11.9 Å². The lowest BCUT2D eigenvalue weighted by Crippen LogP contribution is -2.25. The van der Waals surface area contributed by atoms with Crippen molar-refractivity contribution in [2.24, 2.45) is 0 Å². The molecule has 0 radical (unpaired) electrons. The van der Waals surface area contributed by atoms with Crippen molar-refractivity contribution < 1.29 is 9.18 Å². The Balaban J connectivity index is 1.83. The second kappa shape index (κ2) is 6.55. The Morgan fingerprint density at radius 1 is 1.29 bits per heavy atom. The van der Waals surface area contributed by atoms with Crippen LogP contribution in [-0.2, 0) is 11.2 Å². The lowest BCUT2D eigenvalue weighted by molar-refractivity contribution is -0.112. The number of nitriles is 1. The lowest BCUT2D eigenvalue weighted by atomic mass is 10.1. The number of anilines is 2. The summed E-state index contributed by atoms with van der Waals surface area (Å²) in [5.41, 5.74) is 2.64. The lowest BCUT2D eigenvalue weighted by Gasteiger charge is -2.20. The van der Waals surface area contributed by atoms with E-state index >= 15 is 0 Å². The van der Waals surface area contributed by atoms with E-state index in [2.05, 4.69) is 5.32 Å². The second-order valence-electron chi connectivity index (χ2n) is 5.70. The quantitative estimate of drug-likeness (QED) is 0.694. The van der Waals surface area contributed by atoms with Gasteiger partial charge in [-0.2, -0.15) is 5.26 Å². The van der Waals surface area contributed by atoms with E-state index < -0.39 is 5.91 Å². The second-order valence-corrected chi connectivity index (χ2v) is 5.70. The molecule has 0 saturated heterocycles. The Labute approximate surface area is 139 Å². The summed E-state index contributed by atoms with van der Waals surface area (Å²) >= 11 is 0.